The lowest BCUT2D eigenvalue weighted by Crippen LogP contribution is -2.76. The van der Waals surface area contributed by atoms with Crippen molar-refractivity contribution in [3.63, 3.8) is 0 Å². The van der Waals surface area contributed by atoms with Crippen molar-refractivity contribution in [2.24, 2.45) is 5.92 Å². The van der Waals surface area contributed by atoms with Gasteiger partial charge in [-0.15, -0.1) is 0 Å². The smallest absolute Gasteiger partial charge is 0.334 e. The van der Waals surface area contributed by atoms with Crippen LogP contribution in [0.1, 0.15) is 44.7 Å². The van der Waals surface area contributed by atoms with Gasteiger partial charge in [-0.2, -0.15) is 0 Å². The number of fused-ring (bicyclic) bond motifs is 1. The minimum Gasteiger partial charge on any atom is -0.337 e. The number of nitrogens with zero attached hydrogens (tertiary/aromatic N) is 4. The standard InChI is InChI=1S/C29H39N5O3/c1-4-32-21-27(35)33-25(18-22(2)3)28(36)31(17-11-16-23-12-7-5-8-13-23)20-26(33)34(32)29(37)30-19-24-14-9-6-10-15-24/h5-10,12-15,22,25-26H,4,11,16-21H2,1-3H3,(H,30,37)/t25-,26-/m0/s1. The van der Waals surface area contributed by atoms with Gasteiger partial charge in [0.2, 0.25) is 11.8 Å². The van der Waals surface area contributed by atoms with Gasteiger partial charge in [-0.3, -0.25) is 9.59 Å². The number of rotatable bonds is 9. The van der Waals surface area contributed by atoms with Crippen LogP contribution < -0.4 is 5.32 Å². The molecule has 0 spiro atoms. The summed E-state index contributed by atoms with van der Waals surface area (Å²) in [6.45, 7) is 7.96. The molecule has 2 aromatic carbocycles. The molecule has 0 saturated carbocycles. The van der Waals surface area contributed by atoms with E-state index in [0.29, 0.717) is 32.6 Å². The van der Waals surface area contributed by atoms with Crippen LogP contribution >= 0.6 is 0 Å². The van der Waals surface area contributed by atoms with Gasteiger partial charge in [0, 0.05) is 19.6 Å². The SMILES string of the molecule is CCN1CC(=O)N2[C@@H](CC(C)C)C(=O)N(CCCc3ccccc3)C[C@@H]2N1C(=O)NCc1ccccc1. The van der Waals surface area contributed by atoms with E-state index in [-0.39, 0.29) is 30.3 Å². The molecule has 4 amide bonds. The van der Waals surface area contributed by atoms with Gasteiger partial charge in [0.1, 0.15) is 12.2 Å². The van der Waals surface area contributed by atoms with Crippen LogP contribution in [0.5, 0.6) is 0 Å². The molecular formula is C29H39N5O3. The van der Waals surface area contributed by atoms with E-state index < -0.39 is 12.2 Å². The zero-order chi connectivity index (χ0) is 26.4. The molecule has 2 fully saturated rings. The minimum absolute atomic E-state index is 0.0130. The normalized spacial score (nSPS) is 20.4. The van der Waals surface area contributed by atoms with Crippen molar-refractivity contribution in [2.75, 3.05) is 26.2 Å². The molecule has 0 bridgehead atoms. The first-order valence-electron chi connectivity index (χ1n) is 13.4. The van der Waals surface area contributed by atoms with Gasteiger partial charge in [-0.25, -0.2) is 14.8 Å². The summed E-state index contributed by atoms with van der Waals surface area (Å²) in [5.41, 5.74) is 2.24. The van der Waals surface area contributed by atoms with E-state index in [1.54, 1.807) is 14.9 Å². The van der Waals surface area contributed by atoms with Crippen LogP contribution in [-0.4, -0.2) is 76.0 Å². The third-order valence-electron chi connectivity index (χ3n) is 7.12. The first-order valence-corrected chi connectivity index (χ1v) is 13.4. The molecule has 0 unspecified atom stereocenters. The molecule has 2 aliphatic rings. The lowest BCUT2D eigenvalue weighted by Gasteiger charge is -2.55. The molecule has 0 aliphatic carbocycles. The van der Waals surface area contributed by atoms with Gasteiger partial charge in [-0.1, -0.05) is 81.4 Å². The van der Waals surface area contributed by atoms with Crippen LogP contribution in [0.25, 0.3) is 0 Å². The molecule has 8 nitrogen and oxygen atoms in total. The maximum atomic E-state index is 13.6. The number of nitrogens with one attached hydrogen (secondary N) is 1. The van der Waals surface area contributed by atoms with Crippen molar-refractivity contribution < 1.29 is 14.4 Å². The molecule has 198 valence electrons. The van der Waals surface area contributed by atoms with Crippen molar-refractivity contribution in [1.82, 2.24) is 25.1 Å². The fraction of sp³-hybridized carbons (Fsp3) is 0.483. The predicted molar refractivity (Wildman–Crippen MR) is 143 cm³/mol. The van der Waals surface area contributed by atoms with Crippen molar-refractivity contribution in [1.29, 1.82) is 0 Å². The van der Waals surface area contributed by atoms with Crippen LogP contribution in [0, 0.1) is 5.92 Å². The summed E-state index contributed by atoms with van der Waals surface area (Å²) < 4.78 is 0. The van der Waals surface area contributed by atoms with Gasteiger partial charge in [0.25, 0.3) is 0 Å². The number of hydrogen-bond donors (Lipinski definition) is 1. The van der Waals surface area contributed by atoms with Gasteiger partial charge in [0.15, 0.2) is 0 Å². The second kappa shape index (κ2) is 12.2. The topological polar surface area (TPSA) is 76.2 Å². The van der Waals surface area contributed by atoms with E-state index in [1.165, 1.54) is 5.56 Å². The lowest BCUT2D eigenvalue weighted by molar-refractivity contribution is -0.190. The first-order chi connectivity index (χ1) is 17.9. The van der Waals surface area contributed by atoms with Crippen LogP contribution in [0.15, 0.2) is 60.7 Å². The number of hydrogen-bond acceptors (Lipinski definition) is 4. The summed E-state index contributed by atoms with van der Waals surface area (Å²) in [6.07, 6.45) is 1.73. The summed E-state index contributed by atoms with van der Waals surface area (Å²) >= 11 is 0. The number of urea groups is 1. The molecular weight excluding hydrogens is 466 g/mol. The van der Waals surface area contributed by atoms with Gasteiger partial charge in [-0.05, 0) is 36.3 Å². The van der Waals surface area contributed by atoms with Crippen molar-refractivity contribution in [2.45, 2.75) is 58.8 Å². The molecule has 0 radical (unpaired) electrons. The Kier molecular flexibility index (Phi) is 8.82. The number of aryl methyl sites for hydroxylation is 1. The Balaban J connectivity index is 1.55. The Morgan fingerprint density at radius 1 is 1.00 bits per heavy atom. The van der Waals surface area contributed by atoms with Gasteiger partial charge >= 0.3 is 6.03 Å². The Hall–Kier alpha value is -3.39. The minimum atomic E-state index is -0.564. The monoisotopic (exact) mass is 505 g/mol. The molecule has 4 rings (SSSR count). The fourth-order valence-corrected chi connectivity index (χ4v) is 5.31. The highest BCUT2D eigenvalue weighted by Crippen LogP contribution is 2.29. The van der Waals surface area contributed by atoms with E-state index in [1.807, 2.05) is 60.4 Å². The molecule has 2 saturated heterocycles. The average Bonchev–Trinajstić information content (AvgIpc) is 2.90. The number of benzene rings is 2. The second-order valence-electron chi connectivity index (χ2n) is 10.3. The second-order valence-corrected chi connectivity index (χ2v) is 10.3. The molecule has 2 aromatic rings. The quantitative estimate of drug-likeness (QED) is 0.566. The highest BCUT2D eigenvalue weighted by Gasteiger charge is 2.50. The summed E-state index contributed by atoms with van der Waals surface area (Å²) in [4.78, 5) is 44.1. The lowest BCUT2D eigenvalue weighted by atomic mass is 9.96. The molecule has 1 N–H and O–H groups in total. The zero-order valence-electron chi connectivity index (χ0n) is 22.2. The number of amides is 4. The Bertz CT molecular complexity index is 1060. The van der Waals surface area contributed by atoms with Crippen LogP contribution in [0.4, 0.5) is 4.79 Å². The van der Waals surface area contributed by atoms with E-state index in [4.69, 9.17) is 0 Å². The maximum Gasteiger partial charge on any atom is 0.334 e. The number of hydrazine groups is 1. The third kappa shape index (κ3) is 6.31. The van der Waals surface area contributed by atoms with Gasteiger partial charge in [0.05, 0.1) is 13.1 Å². The highest BCUT2D eigenvalue weighted by atomic mass is 16.2. The Morgan fingerprint density at radius 2 is 1.65 bits per heavy atom. The molecule has 8 heteroatoms. The predicted octanol–water partition coefficient (Wildman–Crippen LogP) is 3.49. The molecule has 2 aliphatic heterocycles. The van der Waals surface area contributed by atoms with E-state index in [9.17, 15) is 14.4 Å². The summed E-state index contributed by atoms with van der Waals surface area (Å²) in [6, 6.07) is 19.2. The van der Waals surface area contributed by atoms with E-state index in [2.05, 4.69) is 31.3 Å². The van der Waals surface area contributed by atoms with Crippen LogP contribution in [-0.2, 0) is 22.6 Å². The average molecular weight is 506 g/mol. The molecule has 37 heavy (non-hydrogen) atoms. The first kappa shape index (κ1) is 26.7. The third-order valence-corrected chi connectivity index (χ3v) is 7.12. The molecule has 0 aromatic heterocycles. The summed E-state index contributed by atoms with van der Waals surface area (Å²) in [5.74, 6) is 0.124. The number of carbonyl (C=O) groups excluding carboxylic acids is 3. The van der Waals surface area contributed by atoms with E-state index >= 15 is 0 Å². The zero-order valence-corrected chi connectivity index (χ0v) is 22.2. The molecule has 2 heterocycles. The van der Waals surface area contributed by atoms with Crippen molar-refractivity contribution in [3.8, 4) is 0 Å². The molecule has 2 atom stereocenters. The number of piperazine rings is 1. The van der Waals surface area contributed by atoms with Crippen LogP contribution in [0.3, 0.4) is 0 Å². The largest absolute Gasteiger partial charge is 0.337 e. The van der Waals surface area contributed by atoms with Gasteiger partial charge < -0.3 is 15.1 Å². The number of likely N-dealkylation sites (N-methyl/N-ethyl adjacent to an activating group) is 1. The van der Waals surface area contributed by atoms with Crippen LogP contribution in [0.2, 0.25) is 0 Å². The maximum absolute atomic E-state index is 13.6. The van der Waals surface area contributed by atoms with Crippen molar-refractivity contribution >= 4 is 17.8 Å². The Labute approximate surface area is 220 Å². The number of carbonyl (C=O) groups is 3. The summed E-state index contributed by atoms with van der Waals surface area (Å²) in [5, 5.41) is 6.51. The highest BCUT2D eigenvalue weighted by molar-refractivity contribution is 5.91. The van der Waals surface area contributed by atoms with Crippen molar-refractivity contribution in [3.05, 3.63) is 71.8 Å². The fourth-order valence-electron chi connectivity index (χ4n) is 5.31. The Morgan fingerprint density at radius 3 is 2.27 bits per heavy atom. The van der Waals surface area contributed by atoms with E-state index in [0.717, 1.165) is 18.4 Å². The summed E-state index contributed by atoms with van der Waals surface area (Å²) in [7, 11) is 0.